The molecular weight excluding hydrogens is 212 g/mol. The van der Waals surface area contributed by atoms with Crippen molar-refractivity contribution in [3.63, 3.8) is 0 Å². The van der Waals surface area contributed by atoms with Crippen LogP contribution in [0.4, 0.5) is 0 Å². The summed E-state index contributed by atoms with van der Waals surface area (Å²) in [5, 5.41) is 3.13. The van der Waals surface area contributed by atoms with Crippen molar-refractivity contribution in [1.29, 1.82) is 0 Å². The van der Waals surface area contributed by atoms with Crippen LogP contribution in [0.3, 0.4) is 0 Å². The molecule has 0 heterocycles. The molecule has 0 aliphatic rings. The van der Waals surface area contributed by atoms with Gasteiger partial charge in [0.05, 0.1) is 6.61 Å². The summed E-state index contributed by atoms with van der Waals surface area (Å²) in [7, 11) is 1.97. The molecule has 0 aliphatic carbocycles. The molecule has 0 aromatic heterocycles. The molecule has 1 aromatic rings. The topological polar surface area (TPSA) is 47.3 Å². The third-order valence-corrected chi connectivity index (χ3v) is 2.66. The molecule has 0 aliphatic heterocycles. The smallest absolute Gasteiger partial charge is 0.124 e. The van der Waals surface area contributed by atoms with E-state index in [1.807, 2.05) is 45.2 Å². The Kier molecular flexibility index (Phi) is 5.45. The molecule has 3 heteroatoms. The van der Waals surface area contributed by atoms with Crippen LogP contribution in [0, 0.1) is 0 Å². The Bertz CT molecular complexity index is 331. The zero-order valence-corrected chi connectivity index (χ0v) is 11.1. The van der Waals surface area contributed by atoms with Crippen molar-refractivity contribution in [2.45, 2.75) is 32.2 Å². The molecule has 0 saturated carbocycles. The summed E-state index contributed by atoms with van der Waals surface area (Å²) >= 11 is 0. The highest BCUT2D eigenvalue weighted by molar-refractivity contribution is 5.37. The Labute approximate surface area is 104 Å². The first-order chi connectivity index (χ1) is 8.05. The zero-order valence-electron chi connectivity index (χ0n) is 11.1. The van der Waals surface area contributed by atoms with E-state index in [4.69, 9.17) is 10.5 Å². The summed E-state index contributed by atoms with van der Waals surface area (Å²) in [6, 6.07) is 8.00. The van der Waals surface area contributed by atoms with E-state index < -0.39 is 0 Å². The van der Waals surface area contributed by atoms with Crippen LogP contribution in [0.1, 0.15) is 32.3 Å². The average molecular weight is 236 g/mol. The number of para-hydroxylation sites is 1. The summed E-state index contributed by atoms with van der Waals surface area (Å²) in [5.74, 6) is 0.907. The van der Waals surface area contributed by atoms with Crippen LogP contribution >= 0.6 is 0 Å². The number of benzene rings is 1. The Morgan fingerprint density at radius 1 is 1.24 bits per heavy atom. The Morgan fingerprint density at radius 3 is 2.59 bits per heavy atom. The van der Waals surface area contributed by atoms with Gasteiger partial charge in [-0.15, -0.1) is 0 Å². The maximum absolute atomic E-state index is 6.12. The predicted octanol–water partition coefficient (Wildman–Crippen LogP) is 2.26. The maximum atomic E-state index is 6.12. The van der Waals surface area contributed by atoms with Crippen molar-refractivity contribution in [2.24, 2.45) is 5.73 Å². The van der Waals surface area contributed by atoms with E-state index in [2.05, 4.69) is 5.32 Å². The van der Waals surface area contributed by atoms with Gasteiger partial charge in [0.15, 0.2) is 0 Å². The van der Waals surface area contributed by atoms with Crippen LogP contribution in [-0.2, 0) is 5.54 Å². The molecule has 3 nitrogen and oxygen atoms in total. The van der Waals surface area contributed by atoms with Gasteiger partial charge in [-0.1, -0.05) is 18.2 Å². The highest BCUT2D eigenvalue weighted by Crippen LogP contribution is 2.27. The lowest BCUT2D eigenvalue weighted by Crippen LogP contribution is -2.29. The van der Waals surface area contributed by atoms with Gasteiger partial charge >= 0.3 is 0 Å². The molecule has 0 bridgehead atoms. The van der Waals surface area contributed by atoms with Crippen molar-refractivity contribution in [3.8, 4) is 5.75 Å². The lowest BCUT2D eigenvalue weighted by Gasteiger charge is -2.22. The summed E-state index contributed by atoms with van der Waals surface area (Å²) in [5.41, 5.74) is 6.82. The Hall–Kier alpha value is -1.06. The van der Waals surface area contributed by atoms with Gasteiger partial charge in [-0.3, -0.25) is 0 Å². The largest absolute Gasteiger partial charge is 0.493 e. The van der Waals surface area contributed by atoms with Crippen molar-refractivity contribution < 1.29 is 4.74 Å². The first-order valence-electron chi connectivity index (χ1n) is 6.21. The summed E-state index contributed by atoms with van der Waals surface area (Å²) < 4.78 is 5.80. The van der Waals surface area contributed by atoms with E-state index in [9.17, 15) is 0 Å². The second kappa shape index (κ2) is 6.62. The van der Waals surface area contributed by atoms with Crippen LogP contribution in [0.2, 0.25) is 0 Å². The van der Waals surface area contributed by atoms with Gasteiger partial charge in [0.2, 0.25) is 0 Å². The summed E-state index contributed by atoms with van der Waals surface area (Å²) in [6.07, 6.45) is 2.19. The SMILES string of the molecule is CNCCCCOc1ccccc1C(C)(C)N. The quantitative estimate of drug-likeness (QED) is 0.714. The number of nitrogens with two attached hydrogens (primary N) is 1. The molecule has 0 unspecified atom stereocenters. The Balaban J connectivity index is 2.53. The minimum atomic E-state index is -0.360. The van der Waals surface area contributed by atoms with Crippen LogP contribution < -0.4 is 15.8 Å². The lowest BCUT2D eigenvalue weighted by atomic mass is 9.95. The van der Waals surface area contributed by atoms with Crippen molar-refractivity contribution in [1.82, 2.24) is 5.32 Å². The number of nitrogens with one attached hydrogen (secondary N) is 1. The average Bonchev–Trinajstić information content (AvgIpc) is 2.28. The number of hydrogen-bond donors (Lipinski definition) is 2. The van der Waals surface area contributed by atoms with Crippen LogP contribution in [0.25, 0.3) is 0 Å². The minimum Gasteiger partial charge on any atom is -0.493 e. The number of ether oxygens (including phenoxy) is 1. The maximum Gasteiger partial charge on any atom is 0.124 e. The second-order valence-corrected chi connectivity index (χ2v) is 4.88. The first-order valence-corrected chi connectivity index (χ1v) is 6.21. The van der Waals surface area contributed by atoms with Crippen LogP contribution in [0.15, 0.2) is 24.3 Å². The molecule has 3 N–H and O–H groups in total. The number of rotatable bonds is 7. The van der Waals surface area contributed by atoms with E-state index in [-0.39, 0.29) is 5.54 Å². The second-order valence-electron chi connectivity index (χ2n) is 4.88. The molecule has 0 saturated heterocycles. The van der Waals surface area contributed by atoms with Crippen molar-refractivity contribution in [3.05, 3.63) is 29.8 Å². The number of hydrogen-bond acceptors (Lipinski definition) is 3. The minimum absolute atomic E-state index is 0.360. The molecule has 0 spiro atoms. The van der Waals surface area contributed by atoms with Gasteiger partial charge < -0.3 is 15.8 Å². The van der Waals surface area contributed by atoms with E-state index in [1.54, 1.807) is 0 Å². The first kappa shape index (κ1) is 14.0. The zero-order chi connectivity index (χ0) is 12.7. The molecule has 0 radical (unpaired) electrons. The molecule has 1 aromatic carbocycles. The summed E-state index contributed by atoms with van der Waals surface area (Å²) in [4.78, 5) is 0. The third-order valence-electron chi connectivity index (χ3n) is 2.66. The lowest BCUT2D eigenvalue weighted by molar-refractivity contribution is 0.297. The van der Waals surface area contributed by atoms with Gasteiger partial charge in [0.1, 0.15) is 5.75 Å². The molecule has 0 atom stereocenters. The molecule has 0 amide bonds. The van der Waals surface area contributed by atoms with E-state index in [0.29, 0.717) is 0 Å². The fraction of sp³-hybridized carbons (Fsp3) is 0.571. The molecule has 96 valence electrons. The van der Waals surface area contributed by atoms with Gasteiger partial charge in [0, 0.05) is 11.1 Å². The van der Waals surface area contributed by atoms with Gasteiger partial charge in [0.25, 0.3) is 0 Å². The summed E-state index contributed by atoms with van der Waals surface area (Å²) in [6.45, 7) is 5.77. The molecule has 1 rings (SSSR count). The van der Waals surface area contributed by atoms with E-state index >= 15 is 0 Å². The highest BCUT2D eigenvalue weighted by atomic mass is 16.5. The third kappa shape index (κ3) is 4.75. The normalized spacial score (nSPS) is 11.5. The van der Waals surface area contributed by atoms with Gasteiger partial charge in [-0.25, -0.2) is 0 Å². The van der Waals surface area contributed by atoms with E-state index in [0.717, 1.165) is 37.3 Å². The Morgan fingerprint density at radius 2 is 1.94 bits per heavy atom. The monoisotopic (exact) mass is 236 g/mol. The van der Waals surface area contributed by atoms with Crippen LogP contribution in [-0.4, -0.2) is 20.2 Å². The standard InChI is InChI=1S/C14H24N2O/c1-14(2,15)12-8-4-5-9-13(12)17-11-7-6-10-16-3/h4-5,8-9,16H,6-7,10-11,15H2,1-3H3. The predicted molar refractivity (Wildman–Crippen MR) is 72.3 cm³/mol. The van der Waals surface area contributed by atoms with Gasteiger partial charge in [-0.2, -0.15) is 0 Å². The molecule has 0 fully saturated rings. The molecular formula is C14H24N2O. The van der Waals surface area contributed by atoms with Crippen molar-refractivity contribution in [2.75, 3.05) is 20.2 Å². The van der Waals surface area contributed by atoms with E-state index in [1.165, 1.54) is 0 Å². The van der Waals surface area contributed by atoms with Crippen molar-refractivity contribution >= 4 is 0 Å². The molecule has 17 heavy (non-hydrogen) atoms. The number of unbranched alkanes of at least 4 members (excludes halogenated alkanes) is 1. The van der Waals surface area contributed by atoms with Gasteiger partial charge in [-0.05, 0) is 46.3 Å². The fourth-order valence-corrected chi connectivity index (χ4v) is 1.71. The fourth-order valence-electron chi connectivity index (χ4n) is 1.71. The highest BCUT2D eigenvalue weighted by Gasteiger charge is 2.18. The van der Waals surface area contributed by atoms with Crippen LogP contribution in [0.5, 0.6) is 5.75 Å².